The maximum atomic E-state index is 4.09. The molecule has 1 fully saturated rings. The Morgan fingerprint density at radius 2 is 2.21 bits per heavy atom. The molecule has 5 heteroatoms. The van der Waals surface area contributed by atoms with E-state index in [-0.39, 0.29) is 0 Å². The lowest BCUT2D eigenvalue weighted by Crippen LogP contribution is -2.24. The third kappa shape index (κ3) is 1.92. The molecule has 2 rings (SSSR count). The predicted octanol–water partition coefficient (Wildman–Crippen LogP) is 2.42. The van der Waals surface area contributed by atoms with Crippen molar-refractivity contribution >= 4 is 22.6 Å². The first-order valence-electron chi connectivity index (χ1n) is 5.26. The van der Waals surface area contributed by atoms with Gasteiger partial charge in [-0.05, 0) is 29.2 Å². The minimum atomic E-state index is 0.538. The number of halogens is 1. The summed E-state index contributed by atoms with van der Waals surface area (Å²) in [4.78, 5) is 0. The Balaban J connectivity index is 2.19. The van der Waals surface area contributed by atoms with Crippen LogP contribution >= 0.6 is 22.6 Å². The molecule has 0 saturated heterocycles. The molecule has 0 aliphatic heterocycles. The molecular formula is C9H15IN4. The Morgan fingerprint density at radius 3 is 2.86 bits per heavy atom. The highest BCUT2D eigenvalue weighted by atomic mass is 127. The van der Waals surface area contributed by atoms with E-state index in [1.54, 1.807) is 0 Å². The highest BCUT2D eigenvalue weighted by Gasteiger charge is 2.27. The highest BCUT2D eigenvalue weighted by molar-refractivity contribution is 14.1. The zero-order chi connectivity index (χ0) is 9.97. The van der Waals surface area contributed by atoms with Crippen LogP contribution in [0.4, 0.5) is 0 Å². The molecule has 1 heterocycles. The molecule has 0 radical (unpaired) electrons. The molecule has 14 heavy (non-hydrogen) atoms. The summed E-state index contributed by atoms with van der Waals surface area (Å²) in [5.74, 6) is 0.765. The van der Waals surface area contributed by atoms with Crippen LogP contribution in [-0.2, 0) is 0 Å². The van der Waals surface area contributed by atoms with Crippen LogP contribution in [-0.4, -0.2) is 20.2 Å². The van der Waals surface area contributed by atoms with Gasteiger partial charge in [0.2, 0.25) is 3.83 Å². The van der Waals surface area contributed by atoms with Crippen molar-refractivity contribution < 1.29 is 0 Å². The second-order valence-electron chi connectivity index (χ2n) is 3.91. The Labute approximate surface area is 97.6 Å². The Hall–Kier alpha value is -0.200. The van der Waals surface area contributed by atoms with Crippen molar-refractivity contribution in [2.24, 2.45) is 5.92 Å². The summed E-state index contributed by atoms with van der Waals surface area (Å²) in [6.45, 7) is 2.26. The monoisotopic (exact) mass is 306 g/mol. The first-order chi connectivity index (χ1) is 6.83. The van der Waals surface area contributed by atoms with Crippen molar-refractivity contribution in [1.82, 2.24) is 20.2 Å². The summed E-state index contributed by atoms with van der Waals surface area (Å²) in [6.07, 6.45) is 6.49. The Kier molecular flexibility index (Phi) is 3.35. The second kappa shape index (κ2) is 4.55. The Bertz CT molecular complexity index is 299. The van der Waals surface area contributed by atoms with Crippen LogP contribution < -0.4 is 0 Å². The van der Waals surface area contributed by atoms with Gasteiger partial charge in [0, 0.05) is 22.6 Å². The number of aromatic nitrogens is 4. The topological polar surface area (TPSA) is 43.6 Å². The zero-order valence-electron chi connectivity index (χ0n) is 8.36. The van der Waals surface area contributed by atoms with Gasteiger partial charge in [0.05, 0.1) is 6.04 Å². The average molecular weight is 306 g/mol. The molecule has 4 nitrogen and oxygen atoms in total. The zero-order valence-corrected chi connectivity index (χ0v) is 10.5. The van der Waals surface area contributed by atoms with Crippen molar-refractivity contribution in [3.05, 3.63) is 3.83 Å². The van der Waals surface area contributed by atoms with Gasteiger partial charge in [-0.2, -0.15) is 0 Å². The van der Waals surface area contributed by atoms with Gasteiger partial charge in [-0.1, -0.05) is 26.2 Å². The molecular weight excluding hydrogens is 291 g/mol. The normalized spacial score (nSPS) is 27.9. The first-order valence-corrected chi connectivity index (χ1v) is 6.34. The quantitative estimate of drug-likeness (QED) is 0.788. The summed E-state index contributed by atoms with van der Waals surface area (Å²) < 4.78 is 2.93. The maximum absolute atomic E-state index is 4.09. The second-order valence-corrected chi connectivity index (χ2v) is 4.88. The summed E-state index contributed by atoms with van der Waals surface area (Å²) in [6, 6.07) is 0.538. The van der Waals surface area contributed by atoms with E-state index in [0.717, 1.165) is 9.75 Å². The van der Waals surface area contributed by atoms with Gasteiger partial charge < -0.3 is 0 Å². The lowest BCUT2D eigenvalue weighted by atomic mass is 9.83. The van der Waals surface area contributed by atoms with Gasteiger partial charge in [0.1, 0.15) is 0 Å². The lowest BCUT2D eigenvalue weighted by Gasteiger charge is -2.30. The minimum absolute atomic E-state index is 0.538. The lowest BCUT2D eigenvalue weighted by molar-refractivity contribution is 0.211. The van der Waals surface area contributed by atoms with Gasteiger partial charge >= 0.3 is 0 Å². The van der Waals surface area contributed by atoms with E-state index >= 15 is 0 Å². The SMILES string of the molecule is CCC1CCCCC1n1nnnc1I. The smallest absolute Gasteiger partial charge is 0.212 e. The largest absolute Gasteiger partial charge is 0.217 e. The third-order valence-electron chi connectivity index (χ3n) is 3.16. The fourth-order valence-electron chi connectivity index (χ4n) is 2.37. The van der Waals surface area contributed by atoms with E-state index in [9.17, 15) is 0 Å². The molecule has 1 saturated carbocycles. The van der Waals surface area contributed by atoms with Crippen LogP contribution in [0.2, 0.25) is 0 Å². The molecule has 1 aromatic heterocycles. The van der Waals surface area contributed by atoms with E-state index in [0.29, 0.717) is 6.04 Å². The van der Waals surface area contributed by atoms with Gasteiger partial charge in [0.25, 0.3) is 0 Å². The number of tetrazole rings is 1. The molecule has 78 valence electrons. The Morgan fingerprint density at radius 1 is 1.43 bits per heavy atom. The standard InChI is InChI=1S/C9H15IN4/c1-2-7-5-3-4-6-8(7)14-9(10)11-12-13-14/h7-8H,2-6H2,1H3. The number of rotatable bonds is 2. The molecule has 0 N–H and O–H groups in total. The summed E-state index contributed by atoms with van der Waals surface area (Å²) in [5, 5.41) is 11.8. The number of hydrogen-bond donors (Lipinski definition) is 0. The third-order valence-corrected chi connectivity index (χ3v) is 3.87. The molecule has 2 unspecified atom stereocenters. The summed E-state index contributed by atoms with van der Waals surface area (Å²) in [7, 11) is 0. The first kappa shape index (κ1) is 10.3. The molecule has 1 aliphatic carbocycles. The molecule has 1 aliphatic rings. The summed E-state index contributed by atoms with van der Waals surface area (Å²) >= 11 is 2.21. The number of nitrogens with zero attached hydrogens (tertiary/aromatic N) is 4. The van der Waals surface area contributed by atoms with Gasteiger partial charge in [-0.15, -0.1) is 5.10 Å². The van der Waals surface area contributed by atoms with E-state index < -0.39 is 0 Å². The van der Waals surface area contributed by atoms with Crippen LogP contribution in [0.25, 0.3) is 0 Å². The van der Waals surface area contributed by atoms with E-state index in [2.05, 4.69) is 45.0 Å². The minimum Gasteiger partial charge on any atom is -0.217 e. The molecule has 0 spiro atoms. The van der Waals surface area contributed by atoms with Crippen molar-refractivity contribution in [3.8, 4) is 0 Å². The highest BCUT2D eigenvalue weighted by Crippen LogP contribution is 2.35. The van der Waals surface area contributed by atoms with E-state index in [1.165, 1.54) is 32.1 Å². The fourth-order valence-corrected chi connectivity index (χ4v) is 2.92. The van der Waals surface area contributed by atoms with Crippen LogP contribution in [0.15, 0.2) is 0 Å². The van der Waals surface area contributed by atoms with Crippen molar-refractivity contribution in [2.75, 3.05) is 0 Å². The maximum Gasteiger partial charge on any atom is 0.212 e. The average Bonchev–Trinajstić information content (AvgIpc) is 2.64. The van der Waals surface area contributed by atoms with Gasteiger partial charge in [0.15, 0.2) is 0 Å². The number of hydrogen-bond acceptors (Lipinski definition) is 3. The van der Waals surface area contributed by atoms with Gasteiger partial charge in [-0.3, -0.25) is 0 Å². The van der Waals surface area contributed by atoms with Crippen molar-refractivity contribution in [1.29, 1.82) is 0 Å². The van der Waals surface area contributed by atoms with Crippen molar-refractivity contribution in [2.45, 2.75) is 45.1 Å². The van der Waals surface area contributed by atoms with E-state index in [1.807, 2.05) is 4.68 Å². The fraction of sp³-hybridized carbons (Fsp3) is 0.889. The van der Waals surface area contributed by atoms with Crippen molar-refractivity contribution in [3.63, 3.8) is 0 Å². The molecule has 0 amide bonds. The summed E-state index contributed by atoms with van der Waals surface area (Å²) in [5.41, 5.74) is 0. The van der Waals surface area contributed by atoms with Crippen LogP contribution in [0.5, 0.6) is 0 Å². The van der Waals surface area contributed by atoms with Crippen LogP contribution in [0, 0.1) is 9.75 Å². The molecule has 0 bridgehead atoms. The molecule has 2 atom stereocenters. The molecule has 0 aromatic carbocycles. The van der Waals surface area contributed by atoms with E-state index in [4.69, 9.17) is 0 Å². The molecule has 1 aromatic rings. The predicted molar refractivity (Wildman–Crippen MR) is 61.8 cm³/mol. The van der Waals surface area contributed by atoms with Crippen LogP contribution in [0.1, 0.15) is 45.1 Å². The van der Waals surface area contributed by atoms with Gasteiger partial charge in [-0.25, -0.2) is 4.68 Å². The van der Waals surface area contributed by atoms with Crippen LogP contribution in [0.3, 0.4) is 0 Å².